The number of anilines is 1. The van der Waals surface area contributed by atoms with Crippen LogP contribution in [-0.4, -0.2) is 64.6 Å². The number of morpholine rings is 1. The van der Waals surface area contributed by atoms with E-state index in [4.69, 9.17) is 4.74 Å². The molecule has 1 aromatic rings. The van der Waals surface area contributed by atoms with Gasteiger partial charge >= 0.3 is 0 Å². The third-order valence-electron chi connectivity index (χ3n) is 5.31. The van der Waals surface area contributed by atoms with Crippen molar-refractivity contribution >= 4 is 21.6 Å². The lowest BCUT2D eigenvalue weighted by Gasteiger charge is -2.26. The van der Waals surface area contributed by atoms with Crippen LogP contribution in [0.2, 0.25) is 0 Å². The number of quaternary nitrogens is 1. The Bertz CT molecular complexity index is 752. The van der Waals surface area contributed by atoms with Crippen molar-refractivity contribution in [1.29, 1.82) is 0 Å². The minimum absolute atomic E-state index is 0.0593. The third kappa shape index (κ3) is 5.28. The van der Waals surface area contributed by atoms with Gasteiger partial charge < -0.3 is 15.0 Å². The molecule has 2 aliphatic heterocycles. The molecule has 2 heterocycles. The second-order valence-corrected chi connectivity index (χ2v) is 9.32. The van der Waals surface area contributed by atoms with Crippen LogP contribution in [0.5, 0.6) is 0 Å². The Labute approximate surface area is 161 Å². The number of likely N-dealkylation sites (tertiary alicyclic amines) is 1. The van der Waals surface area contributed by atoms with E-state index in [1.807, 2.05) is 6.92 Å². The Hall–Kier alpha value is -1.48. The lowest BCUT2D eigenvalue weighted by molar-refractivity contribution is -0.890. The Morgan fingerprint density at radius 1 is 1.15 bits per heavy atom. The number of ether oxygens (including phenoxy) is 1. The average Bonchev–Trinajstić information content (AvgIpc) is 2.92. The summed E-state index contributed by atoms with van der Waals surface area (Å²) in [4.78, 5) is 14.0. The van der Waals surface area contributed by atoms with Crippen molar-refractivity contribution < 1.29 is 22.8 Å². The van der Waals surface area contributed by atoms with Crippen LogP contribution in [0.25, 0.3) is 0 Å². The fraction of sp³-hybridized carbons (Fsp3) is 0.632. The summed E-state index contributed by atoms with van der Waals surface area (Å²) in [5.41, 5.74) is 1.43. The molecule has 2 saturated heterocycles. The van der Waals surface area contributed by atoms with Crippen LogP contribution in [0.4, 0.5) is 5.69 Å². The number of hydrogen-bond acceptors (Lipinski definition) is 4. The van der Waals surface area contributed by atoms with Crippen molar-refractivity contribution in [1.82, 2.24) is 4.31 Å². The number of carbonyl (C=O) groups is 1. The van der Waals surface area contributed by atoms with Crippen molar-refractivity contribution in [2.75, 3.05) is 51.3 Å². The first-order valence-corrected chi connectivity index (χ1v) is 11.2. The number of carbonyl (C=O) groups excluding carboxylic acids is 1. The van der Waals surface area contributed by atoms with Gasteiger partial charge in [0.15, 0.2) is 6.54 Å². The number of amides is 1. The molecule has 0 aliphatic carbocycles. The number of benzene rings is 1. The van der Waals surface area contributed by atoms with Gasteiger partial charge in [-0.2, -0.15) is 4.31 Å². The average molecular weight is 397 g/mol. The molecule has 2 fully saturated rings. The maximum atomic E-state index is 12.8. The van der Waals surface area contributed by atoms with Gasteiger partial charge in [-0.3, -0.25) is 4.79 Å². The molecule has 7 nitrogen and oxygen atoms in total. The van der Waals surface area contributed by atoms with Crippen LogP contribution in [0.15, 0.2) is 23.1 Å². The summed E-state index contributed by atoms with van der Waals surface area (Å²) >= 11 is 0. The van der Waals surface area contributed by atoms with Gasteiger partial charge in [-0.15, -0.1) is 0 Å². The summed E-state index contributed by atoms with van der Waals surface area (Å²) in [7, 11) is -3.57. The molecule has 1 aromatic carbocycles. The maximum absolute atomic E-state index is 12.8. The van der Waals surface area contributed by atoms with Crippen LogP contribution in [0, 0.1) is 6.92 Å². The van der Waals surface area contributed by atoms with Gasteiger partial charge in [-0.1, -0.05) is 6.07 Å². The highest BCUT2D eigenvalue weighted by molar-refractivity contribution is 7.89. The summed E-state index contributed by atoms with van der Waals surface area (Å²) in [5, 5.41) is 2.93. The molecule has 0 aromatic heterocycles. The second kappa shape index (κ2) is 9.14. The van der Waals surface area contributed by atoms with E-state index in [-0.39, 0.29) is 10.8 Å². The topological polar surface area (TPSA) is 80.2 Å². The number of nitrogens with one attached hydrogen (secondary N) is 2. The van der Waals surface area contributed by atoms with Crippen LogP contribution >= 0.6 is 0 Å². The molecule has 0 unspecified atom stereocenters. The van der Waals surface area contributed by atoms with Gasteiger partial charge in [0.05, 0.1) is 31.2 Å². The molecule has 1 amide bonds. The monoisotopic (exact) mass is 396 g/mol. The first-order chi connectivity index (χ1) is 13.0. The van der Waals surface area contributed by atoms with Gasteiger partial charge in [0.1, 0.15) is 0 Å². The summed E-state index contributed by atoms with van der Waals surface area (Å²) < 4.78 is 32.4. The highest BCUT2D eigenvalue weighted by Gasteiger charge is 2.27. The summed E-state index contributed by atoms with van der Waals surface area (Å²) in [5.74, 6) is -0.0593. The minimum atomic E-state index is -3.57. The third-order valence-corrected chi connectivity index (χ3v) is 7.21. The number of hydrogen-bond donors (Lipinski definition) is 2. The van der Waals surface area contributed by atoms with E-state index in [1.54, 1.807) is 18.2 Å². The normalized spacial score (nSPS) is 20.2. The van der Waals surface area contributed by atoms with E-state index < -0.39 is 10.0 Å². The Morgan fingerprint density at radius 3 is 2.48 bits per heavy atom. The maximum Gasteiger partial charge on any atom is 0.279 e. The van der Waals surface area contributed by atoms with Crippen LogP contribution in [0.1, 0.15) is 31.2 Å². The van der Waals surface area contributed by atoms with Crippen molar-refractivity contribution in [3.63, 3.8) is 0 Å². The van der Waals surface area contributed by atoms with Crippen molar-refractivity contribution in [2.24, 2.45) is 0 Å². The van der Waals surface area contributed by atoms with Crippen LogP contribution in [0.3, 0.4) is 0 Å². The second-order valence-electron chi connectivity index (χ2n) is 7.38. The summed E-state index contributed by atoms with van der Waals surface area (Å²) in [6.07, 6.45) is 4.81. The predicted molar refractivity (Wildman–Crippen MR) is 103 cm³/mol. The first kappa shape index (κ1) is 20.3. The van der Waals surface area contributed by atoms with Gasteiger partial charge in [0.2, 0.25) is 10.0 Å². The molecule has 0 saturated carbocycles. The Morgan fingerprint density at radius 2 is 1.81 bits per heavy atom. The molecule has 3 rings (SSSR count). The van der Waals surface area contributed by atoms with Crippen molar-refractivity contribution in [3.8, 4) is 0 Å². The molecule has 0 atom stereocenters. The molecule has 2 N–H and O–H groups in total. The SMILES string of the molecule is Cc1ccc(S(=O)(=O)N2CCOCC2)cc1NC(=O)C[NH+]1CCCCCC1. The van der Waals surface area contributed by atoms with E-state index in [0.717, 1.165) is 31.5 Å². The van der Waals surface area contributed by atoms with Crippen molar-refractivity contribution in [3.05, 3.63) is 23.8 Å². The highest BCUT2D eigenvalue weighted by atomic mass is 32.2. The van der Waals surface area contributed by atoms with Gasteiger partial charge in [-0.25, -0.2) is 8.42 Å². The molecule has 27 heavy (non-hydrogen) atoms. The molecule has 0 bridgehead atoms. The zero-order chi connectivity index (χ0) is 19.3. The van der Waals surface area contributed by atoms with Gasteiger partial charge in [-0.05, 0) is 50.3 Å². The molecule has 150 valence electrons. The zero-order valence-corrected chi connectivity index (χ0v) is 16.8. The Balaban J connectivity index is 1.70. The molecule has 0 spiro atoms. The van der Waals surface area contributed by atoms with E-state index in [0.29, 0.717) is 38.5 Å². The van der Waals surface area contributed by atoms with E-state index in [1.165, 1.54) is 22.0 Å². The fourth-order valence-corrected chi connectivity index (χ4v) is 5.09. The van der Waals surface area contributed by atoms with Crippen LogP contribution in [-0.2, 0) is 19.6 Å². The fourth-order valence-electron chi connectivity index (χ4n) is 3.66. The van der Waals surface area contributed by atoms with Gasteiger partial charge in [0, 0.05) is 18.8 Å². The van der Waals surface area contributed by atoms with Crippen LogP contribution < -0.4 is 10.2 Å². The quantitative estimate of drug-likeness (QED) is 0.756. The van der Waals surface area contributed by atoms with E-state index in [9.17, 15) is 13.2 Å². The molecule has 2 aliphatic rings. The number of sulfonamides is 1. The minimum Gasteiger partial charge on any atom is -0.379 e. The molecular formula is C19H30N3O4S+. The lowest BCUT2D eigenvalue weighted by Crippen LogP contribution is -3.12. The summed E-state index contributed by atoms with van der Waals surface area (Å²) in [6.45, 7) is 5.89. The number of nitrogens with zero attached hydrogens (tertiary/aromatic N) is 1. The molecule has 0 radical (unpaired) electrons. The first-order valence-electron chi connectivity index (χ1n) is 9.79. The number of aryl methyl sites for hydroxylation is 1. The molecule has 8 heteroatoms. The Kier molecular flexibility index (Phi) is 6.86. The van der Waals surface area contributed by atoms with E-state index in [2.05, 4.69) is 5.32 Å². The smallest absolute Gasteiger partial charge is 0.279 e. The largest absolute Gasteiger partial charge is 0.379 e. The predicted octanol–water partition coefficient (Wildman–Crippen LogP) is 0.413. The zero-order valence-electron chi connectivity index (χ0n) is 16.0. The standard InChI is InChI=1S/C19H29N3O4S/c1-16-6-7-17(27(24,25)22-10-12-26-13-11-22)14-18(16)20-19(23)15-21-8-4-2-3-5-9-21/h6-7,14H,2-5,8-13,15H2,1H3,(H,20,23)/p+1. The summed E-state index contributed by atoms with van der Waals surface area (Å²) in [6, 6.07) is 4.94. The lowest BCUT2D eigenvalue weighted by atomic mass is 10.2. The van der Waals surface area contributed by atoms with Gasteiger partial charge in [0.25, 0.3) is 5.91 Å². The van der Waals surface area contributed by atoms with E-state index >= 15 is 0 Å². The molecular weight excluding hydrogens is 366 g/mol. The highest BCUT2D eigenvalue weighted by Crippen LogP contribution is 2.23. The number of rotatable bonds is 5. The van der Waals surface area contributed by atoms with Crippen molar-refractivity contribution in [2.45, 2.75) is 37.5 Å².